The molecule has 20 heavy (non-hydrogen) atoms. The second kappa shape index (κ2) is 5.96. The Morgan fingerprint density at radius 1 is 1.25 bits per heavy atom. The van der Waals surface area contributed by atoms with Crippen LogP contribution < -0.4 is 0 Å². The van der Waals surface area contributed by atoms with Crippen LogP contribution in [0.1, 0.15) is 30.9 Å². The number of amides is 1. The fourth-order valence-electron chi connectivity index (χ4n) is 3.43. The summed E-state index contributed by atoms with van der Waals surface area (Å²) in [7, 11) is 0. The van der Waals surface area contributed by atoms with E-state index < -0.39 is 0 Å². The molecule has 0 N–H and O–H groups in total. The summed E-state index contributed by atoms with van der Waals surface area (Å²) in [4.78, 5) is 16.8. The Hall–Kier alpha value is -1.35. The lowest BCUT2D eigenvalue weighted by Gasteiger charge is -2.34. The maximum absolute atomic E-state index is 12.5. The predicted octanol–water partition coefficient (Wildman–Crippen LogP) is 2.30. The Balaban J connectivity index is 1.59. The maximum atomic E-state index is 12.5. The lowest BCUT2D eigenvalue weighted by molar-refractivity contribution is -0.133. The number of hydrogen-bond donors (Lipinski definition) is 0. The first-order valence-corrected chi connectivity index (χ1v) is 7.79. The number of carbonyl (C=O) groups excluding carboxylic acids is 1. The first kappa shape index (κ1) is 13.6. The van der Waals surface area contributed by atoms with E-state index in [1.807, 2.05) is 4.90 Å². The minimum Gasteiger partial charge on any atom is -0.337 e. The van der Waals surface area contributed by atoms with Crippen LogP contribution in [0.25, 0.3) is 0 Å². The first-order valence-electron chi connectivity index (χ1n) is 7.79. The summed E-state index contributed by atoms with van der Waals surface area (Å²) in [6.45, 7) is 6.72. The van der Waals surface area contributed by atoms with Gasteiger partial charge in [0.25, 0.3) is 0 Å². The summed E-state index contributed by atoms with van der Waals surface area (Å²) in [5, 5.41) is 0. The standard InChI is InChI=1S/C17H24N2O/c1-14-5-4-9-18(11-14)13-17(20)19-10-8-15-6-2-3-7-16(15)12-19/h2-3,6-7,14H,4-5,8-13H2,1H3. The average molecular weight is 272 g/mol. The van der Waals surface area contributed by atoms with Crippen LogP contribution >= 0.6 is 0 Å². The lowest BCUT2D eigenvalue weighted by atomic mass is 9.99. The molecule has 1 fully saturated rings. The molecule has 2 aliphatic rings. The zero-order valence-corrected chi connectivity index (χ0v) is 12.3. The largest absolute Gasteiger partial charge is 0.337 e. The highest BCUT2D eigenvalue weighted by Crippen LogP contribution is 2.20. The quantitative estimate of drug-likeness (QED) is 0.825. The molecule has 3 heteroatoms. The number of likely N-dealkylation sites (tertiary alicyclic amines) is 1. The maximum Gasteiger partial charge on any atom is 0.237 e. The molecule has 0 aliphatic carbocycles. The van der Waals surface area contributed by atoms with Crippen LogP contribution in [0.2, 0.25) is 0 Å². The van der Waals surface area contributed by atoms with E-state index in [2.05, 4.69) is 36.1 Å². The smallest absolute Gasteiger partial charge is 0.237 e. The van der Waals surface area contributed by atoms with Crippen LogP contribution in [0.5, 0.6) is 0 Å². The van der Waals surface area contributed by atoms with Gasteiger partial charge in [-0.2, -0.15) is 0 Å². The van der Waals surface area contributed by atoms with Gasteiger partial charge in [0.15, 0.2) is 0 Å². The molecule has 108 valence electrons. The van der Waals surface area contributed by atoms with Crippen molar-refractivity contribution >= 4 is 5.91 Å². The van der Waals surface area contributed by atoms with E-state index in [4.69, 9.17) is 0 Å². The van der Waals surface area contributed by atoms with Gasteiger partial charge in [-0.15, -0.1) is 0 Å². The van der Waals surface area contributed by atoms with Gasteiger partial charge in [-0.1, -0.05) is 31.2 Å². The number of rotatable bonds is 2. The summed E-state index contributed by atoms with van der Waals surface area (Å²) < 4.78 is 0. The third-order valence-corrected chi connectivity index (χ3v) is 4.58. The monoisotopic (exact) mass is 272 g/mol. The molecule has 0 aromatic heterocycles. The Morgan fingerprint density at radius 2 is 2.05 bits per heavy atom. The van der Waals surface area contributed by atoms with Crippen molar-refractivity contribution in [3.63, 3.8) is 0 Å². The number of benzene rings is 1. The minimum absolute atomic E-state index is 0.300. The van der Waals surface area contributed by atoms with Gasteiger partial charge in [-0.05, 0) is 42.9 Å². The summed E-state index contributed by atoms with van der Waals surface area (Å²) in [5.41, 5.74) is 2.72. The Bertz CT molecular complexity index is 486. The van der Waals surface area contributed by atoms with E-state index in [1.54, 1.807) is 0 Å². The molecule has 3 rings (SSSR count). The summed E-state index contributed by atoms with van der Waals surface area (Å²) in [6.07, 6.45) is 3.54. The van der Waals surface area contributed by atoms with Crippen molar-refractivity contribution in [2.45, 2.75) is 32.7 Å². The van der Waals surface area contributed by atoms with Crippen molar-refractivity contribution in [3.05, 3.63) is 35.4 Å². The fraction of sp³-hybridized carbons (Fsp3) is 0.588. The summed E-state index contributed by atoms with van der Waals surface area (Å²) in [6, 6.07) is 8.49. The number of nitrogens with zero attached hydrogens (tertiary/aromatic N) is 2. The van der Waals surface area contributed by atoms with E-state index in [1.165, 1.54) is 24.0 Å². The normalized spacial score (nSPS) is 23.4. The second-order valence-electron chi connectivity index (χ2n) is 6.32. The van der Waals surface area contributed by atoms with E-state index in [-0.39, 0.29) is 0 Å². The second-order valence-corrected chi connectivity index (χ2v) is 6.32. The van der Waals surface area contributed by atoms with Crippen molar-refractivity contribution in [2.75, 3.05) is 26.2 Å². The highest BCUT2D eigenvalue weighted by molar-refractivity contribution is 5.78. The van der Waals surface area contributed by atoms with Gasteiger partial charge in [0.2, 0.25) is 5.91 Å². The van der Waals surface area contributed by atoms with Crippen LogP contribution in [0.4, 0.5) is 0 Å². The zero-order chi connectivity index (χ0) is 13.9. The van der Waals surface area contributed by atoms with Crippen LogP contribution in [0.3, 0.4) is 0 Å². The van der Waals surface area contributed by atoms with E-state index in [0.29, 0.717) is 12.5 Å². The molecule has 1 atom stereocenters. The van der Waals surface area contributed by atoms with Crippen molar-refractivity contribution in [2.24, 2.45) is 5.92 Å². The molecule has 2 aliphatic heterocycles. The predicted molar refractivity (Wildman–Crippen MR) is 80.4 cm³/mol. The van der Waals surface area contributed by atoms with Gasteiger partial charge in [-0.3, -0.25) is 9.69 Å². The molecule has 1 unspecified atom stereocenters. The summed E-state index contributed by atoms with van der Waals surface area (Å²) >= 11 is 0. The Morgan fingerprint density at radius 3 is 2.85 bits per heavy atom. The zero-order valence-electron chi connectivity index (χ0n) is 12.3. The molecule has 1 saturated heterocycles. The molecule has 1 aromatic carbocycles. The minimum atomic E-state index is 0.300. The molecule has 0 saturated carbocycles. The van der Waals surface area contributed by atoms with Gasteiger partial charge in [0.05, 0.1) is 6.54 Å². The van der Waals surface area contributed by atoms with E-state index in [0.717, 1.165) is 38.5 Å². The van der Waals surface area contributed by atoms with Gasteiger partial charge in [0.1, 0.15) is 0 Å². The molecular weight excluding hydrogens is 248 g/mol. The van der Waals surface area contributed by atoms with Crippen molar-refractivity contribution in [1.82, 2.24) is 9.80 Å². The molecule has 1 amide bonds. The number of fused-ring (bicyclic) bond motifs is 1. The van der Waals surface area contributed by atoms with Gasteiger partial charge >= 0.3 is 0 Å². The third kappa shape index (κ3) is 3.04. The number of piperidine rings is 1. The SMILES string of the molecule is CC1CCCN(CC(=O)N2CCc3ccccc3C2)C1. The van der Waals surface area contributed by atoms with Crippen molar-refractivity contribution < 1.29 is 4.79 Å². The van der Waals surface area contributed by atoms with Gasteiger partial charge in [0, 0.05) is 19.6 Å². The highest BCUT2D eigenvalue weighted by Gasteiger charge is 2.24. The molecule has 0 spiro atoms. The van der Waals surface area contributed by atoms with Gasteiger partial charge in [-0.25, -0.2) is 0 Å². The first-order chi connectivity index (χ1) is 9.72. The van der Waals surface area contributed by atoms with Gasteiger partial charge < -0.3 is 4.90 Å². The highest BCUT2D eigenvalue weighted by atomic mass is 16.2. The van der Waals surface area contributed by atoms with Crippen LogP contribution in [-0.2, 0) is 17.8 Å². The summed E-state index contributed by atoms with van der Waals surface area (Å²) in [5.74, 6) is 1.03. The molecule has 0 bridgehead atoms. The third-order valence-electron chi connectivity index (χ3n) is 4.58. The molecular formula is C17H24N2O. The molecule has 3 nitrogen and oxygen atoms in total. The number of carbonyl (C=O) groups is 1. The van der Waals surface area contributed by atoms with Crippen LogP contribution in [0.15, 0.2) is 24.3 Å². The van der Waals surface area contributed by atoms with Crippen molar-refractivity contribution in [3.8, 4) is 0 Å². The molecule has 1 aromatic rings. The van der Waals surface area contributed by atoms with Crippen LogP contribution in [0, 0.1) is 5.92 Å². The molecule has 2 heterocycles. The van der Waals surface area contributed by atoms with E-state index in [9.17, 15) is 4.79 Å². The number of hydrogen-bond acceptors (Lipinski definition) is 2. The van der Waals surface area contributed by atoms with Crippen LogP contribution in [-0.4, -0.2) is 41.9 Å². The molecule has 0 radical (unpaired) electrons. The topological polar surface area (TPSA) is 23.6 Å². The Labute approximate surface area is 121 Å². The fourth-order valence-corrected chi connectivity index (χ4v) is 3.43. The lowest BCUT2D eigenvalue weighted by Crippen LogP contribution is -2.45. The van der Waals surface area contributed by atoms with E-state index >= 15 is 0 Å². The average Bonchev–Trinajstić information content (AvgIpc) is 2.47. The van der Waals surface area contributed by atoms with Crippen molar-refractivity contribution in [1.29, 1.82) is 0 Å². The Kier molecular flexibility index (Phi) is 4.06.